The Bertz CT molecular complexity index is 991. The first-order chi connectivity index (χ1) is 12.4. The van der Waals surface area contributed by atoms with Gasteiger partial charge in [0.2, 0.25) is 0 Å². The van der Waals surface area contributed by atoms with Crippen LogP contribution in [0.15, 0.2) is 65.6 Å². The molecule has 0 saturated carbocycles. The van der Waals surface area contributed by atoms with Crippen LogP contribution in [-0.4, -0.2) is 10.5 Å². The molecular formula is C20H16F2N2O2. The first-order valence-electron chi connectivity index (χ1n) is 7.95. The van der Waals surface area contributed by atoms with Gasteiger partial charge < -0.3 is 9.88 Å². The fraction of sp³-hybridized carbons (Fsp3) is 0.100. The molecule has 0 saturated heterocycles. The zero-order chi connectivity index (χ0) is 18.7. The Morgan fingerprint density at radius 1 is 1.00 bits per heavy atom. The first-order valence-corrected chi connectivity index (χ1v) is 7.95. The number of carbonyl (C=O) groups is 1. The molecule has 26 heavy (non-hydrogen) atoms. The third kappa shape index (κ3) is 3.85. The van der Waals surface area contributed by atoms with E-state index in [1.54, 1.807) is 0 Å². The SMILES string of the molecule is Cc1ccc(Cn2cc(C(=O)Nc3c(F)cccc3F)ccc2=O)cc1. The van der Waals surface area contributed by atoms with Gasteiger partial charge in [0.1, 0.15) is 17.3 Å². The van der Waals surface area contributed by atoms with E-state index < -0.39 is 23.2 Å². The van der Waals surface area contributed by atoms with Gasteiger partial charge in [-0.3, -0.25) is 9.59 Å². The summed E-state index contributed by atoms with van der Waals surface area (Å²) in [6.45, 7) is 2.25. The maximum Gasteiger partial charge on any atom is 0.257 e. The van der Waals surface area contributed by atoms with Gasteiger partial charge >= 0.3 is 0 Å². The van der Waals surface area contributed by atoms with E-state index in [0.717, 1.165) is 23.3 Å². The molecule has 0 atom stereocenters. The molecule has 6 heteroatoms. The van der Waals surface area contributed by atoms with E-state index in [-0.39, 0.29) is 17.7 Å². The summed E-state index contributed by atoms with van der Waals surface area (Å²) in [5, 5.41) is 2.21. The zero-order valence-electron chi connectivity index (χ0n) is 14.0. The maximum absolute atomic E-state index is 13.7. The van der Waals surface area contributed by atoms with Crippen molar-refractivity contribution in [2.24, 2.45) is 0 Å². The molecule has 4 nitrogen and oxygen atoms in total. The molecule has 0 radical (unpaired) electrons. The van der Waals surface area contributed by atoms with Gasteiger partial charge in [-0.15, -0.1) is 0 Å². The molecule has 3 aromatic rings. The van der Waals surface area contributed by atoms with E-state index in [1.165, 1.54) is 29.0 Å². The number of benzene rings is 2. The number of amides is 1. The molecule has 1 N–H and O–H groups in total. The van der Waals surface area contributed by atoms with Crippen molar-refractivity contribution >= 4 is 11.6 Å². The van der Waals surface area contributed by atoms with E-state index in [2.05, 4.69) is 5.32 Å². The highest BCUT2D eigenvalue weighted by atomic mass is 19.1. The van der Waals surface area contributed by atoms with Crippen molar-refractivity contribution in [1.29, 1.82) is 0 Å². The number of nitrogens with one attached hydrogen (secondary N) is 1. The lowest BCUT2D eigenvalue weighted by Crippen LogP contribution is -2.23. The van der Waals surface area contributed by atoms with Crippen molar-refractivity contribution < 1.29 is 13.6 Å². The number of aromatic nitrogens is 1. The Morgan fingerprint density at radius 3 is 2.31 bits per heavy atom. The molecule has 0 aliphatic rings. The molecule has 0 unspecified atom stereocenters. The number of halogens is 2. The first kappa shape index (κ1) is 17.5. The molecule has 0 bridgehead atoms. The second kappa shape index (κ2) is 7.31. The number of hydrogen-bond donors (Lipinski definition) is 1. The third-order valence-electron chi connectivity index (χ3n) is 3.92. The summed E-state index contributed by atoms with van der Waals surface area (Å²) in [5.74, 6) is -2.44. The number of aryl methyl sites for hydroxylation is 1. The lowest BCUT2D eigenvalue weighted by molar-refractivity contribution is 0.102. The number of rotatable bonds is 4. The highest BCUT2D eigenvalue weighted by Gasteiger charge is 2.14. The summed E-state index contributed by atoms with van der Waals surface area (Å²) < 4.78 is 28.7. The Labute approximate surface area is 148 Å². The van der Waals surface area contributed by atoms with E-state index in [9.17, 15) is 18.4 Å². The zero-order valence-corrected chi connectivity index (χ0v) is 14.0. The highest BCUT2D eigenvalue weighted by Crippen LogP contribution is 2.18. The van der Waals surface area contributed by atoms with Crippen molar-refractivity contribution in [2.45, 2.75) is 13.5 Å². The van der Waals surface area contributed by atoms with Gasteiger partial charge in [0, 0.05) is 12.3 Å². The fourth-order valence-electron chi connectivity index (χ4n) is 2.48. The number of anilines is 1. The minimum Gasteiger partial charge on any atom is -0.317 e. The maximum atomic E-state index is 13.7. The number of nitrogens with zero attached hydrogens (tertiary/aromatic N) is 1. The molecule has 2 aromatic carbocycles. The Morgan fingerprint density at radius 2 is 1.65 bits per heavy atom. The predicted molar refractivity (Wildman–Crippen MR) is 95.3 cm³/mol. The minimum atomic E-state index is -0.869. The summed E-state index contributed by atoms with van der Waals surface area (Å²) in [4.78, 5) is 24.4. The summed E-state index contributed by atoms with van der Waals surface area (Å²) >= 11 is 0. The smallest absolute Gasteiger partial charge is 0.257 e. The van der Waals surface area contributed by atoms with Crippen LogP contribution in [0.4, 0.5) is 14.5 Å². The van der Waals surface area contributed by atoms with Crippen LogP contribution >= 0.6 is 0 Å². The summed E-state index contributed by atoms with van der Waals surface area (Å²) in [6.07, 6.45) is 1.37. The van der Waals surface area contributed by atoms with Gasteiger partial charge in [-0.2, -0.15) is 0 Å². The van der Waals surface area contributed by atoms with E-state index >= 15 is 0 Å². The van der Waals surface area contributed by atoms with Crippen LogP contribution in [0.3, 0.4) is 0 Å². The molecule has 0 aliphatic heterocycles. The molecule has 0 fully saturated rings. The van der Waals surface area contributed by atoms with Crippen molar-refractivity contribution in [1.82, 2.24) is 4.57 Å². The van der Waals surface area contributed by atoms with Crippen LogP contribution in [0.1, 0.15) is 21.5 Å². The molecule has 0 spiro atoms. The van der Waals surface area contributed by atoms with E-state index in [1.807, 2.05) is 31.2 Å². The van der Waals surface area contributed by atoms with Gasteiger partial charge in [-0.05, 0) is 30.7 Å². The molecule has 1 heterocycles. The van der Waals surface area contributed by atoms with Crippen molar-refractivity contribution in [3.63, 3.8) is 0 Å². The Hall–Kier alpha value is -3.28. The lowest BCUT2D eigenvalue weighted by Gasteiger charge is -2.10. The minimum absolute atomic E-state index is 0.124. The predicted octanol–water partition coefficient (Wildman–Crippen LogP) is 3.74. The average Bonchev–Trinajstić information content (AvgIpc) is 2.62. The largest absolute Gasteiger partial charge is 0.317 e. The number of hydrogen-bond acceptors (Lipinski definition) is 2. The molecule has 3 rings (SSSR count). The standard InChI is InChI=1S/C20H16F2N2O2/c1-13-5-7-14(8-6-13)11-24-12-15(9-10-18(24)25)20(26)23-19-16(21)3-2-4-17(19)22/h2-10,12H,11H2,1H3,(H,23,26). The average molecular weight is 354 g/mol. The third-order valence-corrected chi connectivity index (χ3v) is 3.92. The lowest BCUT2D eigenvalue weighted by atomic mass is 10.1. The van der Waals surface area contributed by atoms with Gasteiger partial charge in [-0.25, -0.2) is 8.78 Å². The molecule has 1 aromatic heterocycles. The van der Waals surface area contributed by atoms with Crippen LogP contribution < -0.4 is 10.9 Å². The van der Waals surface area contributed by atoms with Crippen LogP contribution in [0.5, 0.6) is 0 Å². The number of para-hydroxylation sites is 1. The normalized spacial score (nSPS) is 10.6. The Balaban J connectivity index is 1.85. The van der Waals surface area contributed by atoms with Gasteiger partial charge in [0.15, 0.2) is 0 Å². The fourth-order valence-corrected chi connectivity index (χ4v) is 2.48. The molecular weight excluding hydrogens is 338 g/mol. The Kier molecular flexibility index (Phi) is 4.93. The van der Waals surface area contributed by atoms with Gasteiger partial charge in [-0.1, -0.05) is 35.9 Å². The van der Waals surface area contributed by atoms with Crippen molar-refractivity contribution in [2.75, 3.05) is 5.32 Å². The summed E-state index contributed by atoms with van der Waals surface area (Å²) in [7, 11) is 0. The van der Waals surface area contributed by atoms with Crippen LogP contribution in [0.25, 0.3) is 0 Å². The number of pyridine rings is 1. The van der Waals surface area contributed by atoms with Gasteiger partial charge in [0.25, 0.3) is 11.5 Å². The summed E-state index contributed by atoms with van der Waals surface area (Å²) in [5.41, 5.74) is 1.32. The molecule has 1 amide bonds. The summed E-state index contributed by atoms with van der Waals surface area (Å²) in [6, 6.07) is 13.5. The van der Waals surface area contributed by atoms with Crippen LogP contribution in [-0.2, 0) is 6.54 Å². The second-order valence-corrected chi connectivity index (χ2v) is 5.92. The van der Waals surface area contributed by atoms with E-state index in [4.69, 9.17) is 0 Å². The van der Waals surface area contributed by atoms with Gasteiger partial charge in [0.05, 0.1) is 12.1 Å². The van der Waals surface area contributed by atoms with Crippen molar-refractivity contribution in [3.05, 3.63) is 99.5 Å². The van der Waals surface area contributed by atoms with Crippen LogP contribution in [0, 0.1) is 18.6 Å². The van der Waals surface area contributed by atoms with E-state index in [0.29, 0.717) is 0 Å². The van der Waals surface area contributed by atoms with Crippen LogP contribution in [0.2, 0.25) is 0 Å². The highest BCUT2D eigenvalue weighted by molar-refractivity contribution is 6.04. The number of carbonyl (C=O) groups excluding carboxylic acids is 1. The quantitative estimate of drug-likeness (QED) is 0.776. The topological polar surface area (TPSA) is 51.1 Å². The molecule has 0 aliphatic carbocycles. The van der Waals surface area contributed by atoms with Crippen molar-refractivity contribution in [3.8, 4) is 0 Å². The second-order valence-electron chi connectivity index (χ2n) is 5.92. The monoisotopic (exact) mass is 354 g/mol. The molecule has 132 valence electrons.